The number of methoxy groups -OCH3 is 3. The molecule has 0 aromatic heterocycles. The molecule has 0 unspecified atom stereocenters. The standard InChI is InChI=1S/C21H23NO3/c1-23-19-11-15(12-20(24-2)21(19)25-3)13-22-14-17-9-6-8-16-7-4-5-10-18(16)17/h4-12,22H,13-14H2,1-3H3. The largest absolute Gasteiger partial charge is 0.493 e. The highest BCUT2D eigenvalue weighted by Crippen LogP contribution is 2.38. The minimum atomic E-state index is 0.614. The molecule has 0 aliphatic rings. The maximum Gasteiger partial charge on any atom is 0.203 e. The van der Waals surface area contributed by atoms with E-state index >= 15 is 0 Å². The molecule has 3 aromatic carbocycles. The van der Waals surface area contributed by atoms with Gasteiger partial charge in [0.1, 0.15) is 0 Å². The highest BCUT2D eigenvalue weighted by Gasteiger charge is 2.13. The van der Waals surface area contributed by atoms with Crippen molar-refractivity contribution in [1.82, 2.24) is 5.32 Å². The van der Waals surface area contributed by atoms with E-state index in [9.17, 15) is 0 Å². The molecule has 0 bridgehead atoms. The first kappa shape index (κ1) is 17.1. The van der Waals surface area contributed by atoms with E-state index in [0.29, 0.717) is 23.8 Å². The van der Waals surface area contributed by atoms with Gasteiger partial charge in [-0.15, -0.1) is 0 Å². The summed E-state index contributed by atoms with van der Waals surface area (Å²) in [4.78, 5) is 0. The van der Waals surface area contributed by atoms with Crippen molar-refractivity contribution in [1.29, 1.82) is 0 Å². The Bertz CT molecular complexity index is 830. The van der Waals surface area contributed by atoms with Crippen LogP contribution in [0.15, 0.2) is 54.6 Å². The van der Waals surface area contributed by atoms with Gasteiger partial charge in [0.05, 0.1) is 21.3 Å². The number of ether oxygens (including phenoxy) is 3. The zero-order valence-corrected chi connectivity index (χ0v) is 14.8. The van der Waals surface area contributed by atoms with Gasteiger partial charge in [-0.25, -0.2) is 0 Å². The van der Waals surface area contributed by atoms with Crippen molar-refractivity contribution in [3.05, 3.63) is 65.7 Å². The van der Waals surface area contributed by atoms with Crippen LogP contribution < -0.4 is 19.5 Å². The molecular weight excluding hydrogens is 314 g/mol. The van der Waals surface area contributed by atoms with Gasteiger partial charge in [0.25, 0.3) is 0 Å². The van der Waals surface area contributed by atoms with Crippen molar-refractivity contribution in [2.75, 3.05) is 21.3 Å². The minimum absolute atomic E-state index is 0.614. The average molecular weight is 337 g/mol. The molecule has 0 atom stereocenters. The van der Waals surface area contributed by atoms with E-state index in [1.54, 1.807) is 21.3 Å². The zero-order valence-electron chi connectivity index (χ0n) is 14.8. The predicted octanol–water partition coefficient (Wildman–Crippen LogP) is 4.16. The smallest absolute Gasteiger partial charge is 0.203 e. The van der Waals surface area contributed by atoms with Crippen LogP contribution >= 0.6 is 0 Å². The third-order valence-corrected chi connectivity index (χ3v) is 4.25. The van der Waals surface area contributed by atoms with Crippen LogP contribution in [0.2, 0.25) is 0 Å². The van der Waals surface area contributed by atoms with E-state index in [4.69, 9.17) is 14.2 Å². The summed E-state index contributed by atoms with van der Waals surface area (Å²) in [6, 6.07) is 18.8. The van der Waals surface area contributed by atoms with Crippen molar-refractivity contribution in [3.8, 4) is 17.2 Å². The molecular formula is C21H23NO3. The number of hydrogen-bond donors (Lipinski definition) is 1. The molecule has 0 spiro atoms. The number of nitrogens with one attached hydrogen (secondary N) is 1. The Morgan fingerprint density at radius 3 is 2.12 bits per heavy atom. The molecule has 0 radical (unpaired) electrons. The molecule has 0 aliphatic heterocycles. The fourth-order valence-corrected chi connectivity index (χ4v) is 3.03. The van der Waals surface area contributed by atoms with Gasteiger partial charge in [-0.2, -0.15) is 0 Å². The molecule has 0 aliphatic carbocycles. The Labute approximate surface area is 148 Å². The lowest BCUT2D eigenvalue weighted by molar-refractivity contribution is 0.323. The predicted molar refractivity (Wildman–Crippen MR) is 101 cm³/mol. The second-order valence-electron chi connectivity index (χ2n) is 5.78. The van der Waals surface area contributed by atoms with Gasteiger partial charge in [0.15, 0.2) is 11.5 Å². The van der Waals surface area contributed by atoms with Gasteiger partial charge in [-0.05, 0) is 34.0 Å². The van der Waals surface area contributed by atoms with Crippen molar-refractivity contribution >= 4 is 10.8 Å². The lowest BCUT2D eigenvalue weighted by Gasteiger charge is -2.14. The fraction of sp³-hybridized carbons (Fsp3) is 0.238. The third-order valence-electron chi connectivity index (χ3n) is 4.25. The lowest BCUT2D eigenvalue weighted by atomic mass is 10.0. The summed E-state index contributed by atoms with van der Waals surface area (Å²) in [5, 5.41) is 6.04. The first-order valence-corrected chi connectivity index (χ1v) is 8.23. The van der Waals surface area contributed by atoms with Crippen molar-refractivity contribution in [2.45, 2.75) is 13.1 Å². The van der Waals surface area contributed by atoms with Gasteiger partial charge in [0, 0.05) is 13.1 Å². The number of benzene rings is 3. The Hall–Kier alpha value is -2.72. The topological polar surface area (TPSA) is 39.7 Å². The quantitative estimate of drug-likeness (QED) is 0.703. The van der Waals surface area contributed by atoms with E-state index in [2.05, 4.69) is 47.8 Å². The second-order valence-corrected chi connectivity index (χ2v) is 5.78. The highest BCUT2D eigenvalue weighted by atomic mass is 16.5. The number of hydrogen-bond acceptors (Lipinski definition) is 4. The molecule has 3 aromatic rings. The van der Waals surface area contributed by atoms with E-state index in [1.165, 1.54) is 16.3 Å². The third kappa shape index (κ3) is 3.69. The van der Waals surface area contributed by atoms with Crippen LogP contribution in [-0.2, 0) is 13.1 Å². The van der Waals surface area contributed by atoms with Gasteiger partial charge < -0.3 is 19.5 Å². The van der Waals surface area contributed by atoms with Crippen LogP contribution in [0.5, 0.6) is 17.2 Å². The summed E-state index contributed by atoms with van der Waals surface area (Å²) >= 11 is 0. The molecule has 25 heavy (non-hydrogen) atoms. The van der Waals surface area contributed by atoms with Crippen LogP contribution in [0.1, 0.15) is 11.1 Å². The molecule has 0 saturated carbocycles. The van der Waals surface area contributed by atoms with Crippen LogP contribution in [-0.4, -0.2) is 21.3 Å². The molecule has 130 valence electrons. The first-order valence-electron chi connectivity index (χ1n) is 8.23. The maximum atomic E-state index is 5.41. The number of rotatable bonds is 7. The van der Waals surface area contributed by atoms with Crippen molar-refractivity contribution < 1.29 is 14.2 Å². The molecule has 4 heteroatoms. The monoisotopic (exact) mass is 337 g/mol. The highest BCUT2D eigenvalue weighted by molar-refractivity contribution is 5.85. The summed E-state index contributed by atoms with van der Waals surface area (Å²) in [5.41, 5.74) is 2.36. The van der Waals surface area contributed by atoms with E-state index in [1.807, 2.05) is 12.1 Å². The van der Waals surface area contributed by atoms with Crippen LogP contribution in [0.25, 0.3) is 10.8 Å². The Balaban J connectivity index is 1.75. The van der Waals surface area contributed by atoms with E-state index in [0.717, 1.165) is 12.1 Å². The van der Waals surface area contributed by atoms with E-state index in [-0.39, 0.29) is 0 Å². The van der Waals surface area contributed by atoms with Gasteiger partial charge in [0.2, 0.25) is 5.75 Å². The van der Waals surface area contributed by atoms with Crippen LogP contribution in [0.4, 0.5) is 0 Å². The first-order chi connectivity index (χ1) is 12.3. The van der Waals surface area contributed by atoms with Crippen LogP contribution in [0, 0.1) is 0 Å². The van der Waals surface area contributed by atoms with Gasteiger partial charge in [-0.3, -0.25) is 0 Å². The van der Waals surface area contributed by atoms with Crippen LogP contribution in [0.3, 0.4) is 0 Å². The van der Waals surface area contributed by atoms with Crippen molar-refractivity contribution in [2.24, 2.45) is 0 Å². The molecule has 0 fully saturated rings. The van der Waals surface area contributed by atoms with Gasteiger partial charge in [-0.1, -0.05) is 42.5 Å². The molecule has 0 heterocycles. The summed E-state index contributed by atoms with van der Waals surface area (Å²) in [6.07, 6.45) is 0. The van der Waals surface area contributed by atoms with Crippen molar-refractivity contribution in [3.63, 3.8) is 0 Å². The summed E-state index contributed by atoms with van der Waals surface area (Å²) in [5.74, 6) is 1.95. The Kier molecular flexibility index (Phi) is 5.41. The molecule has 0 amide bonds. The molecule has 0 saturated heterocycles. The molecule has 3 rings (SSSR count). The second kappa shape index (κ2) is 7.90. The van der Waals surface area contributed by atoms with Gasteiger partial charge >= 0.3 is 0 Å². The SMILES string of the molecule is COc1cc(CNCc2cccc3ccccc23)cc(OC)c1OC. The fourth-order valence-electron chi connectivity index (χ4n) is 3.03. The van der Waals surface area contributed by atoms with E-state index < -0.39 is 0 Å². The normalized spacial score (nSPS) is 10.7. The Morgan fingerprint density at radius 1 is 0.760 bits per heavy atom. The molecule has 1 N–H and O–H groups in total. The maximum absolute atomic E-state index is 5.41. The average Bonchev–Trinajstić information content (AvgIpc) is 2.67. The Morgan fingerprint density at radius 2 is 1.44 bits per heavy atom. The number of fused-ring (bicyclic) bond motifs is 1. The summed E-state index contributed by atoms with van der Waals surface area (Å²) < 4.78 is 16.2. The minimum Gasteiger partial charge on any atom is -0.493 e. The summed E-state index contributed by atoms with van der Waals surface area (Å²) in [6.45, 7) is 1.50. The molecule has 4 nitrogen and oxygen atoms in total. The summed E-state index contributed by atoms with van der Waals surface area (Å²) in [7, 11) is 4.87. The lowest BCUT2D eigenvalue weighted by Crippen LogP contribution is -2.13. The zero-order chi connectivity index (χ0) is 17.6.